The largest absolute Gasteiger partial charge is 0.490 e. The fraction of sp³-hybridized carbons (Fsp3) is 0.409. The van der Waals surface area contributed by atoms with Crippen LogP contribution in [0.25, 0.3) is 0 Å². The van der Waals surface area contributed by atoms with Crippen LogP contribution in [0.4, 0.5) is 23.7 Å². The normalized spacial score (nSPS) is 19.4. The van der Waals surface area contributed by atoms with E-state index >= 15 is 0 Å². The molecule has 1 fully saturated rings. The minimum atomic E-state index is -4.24. The smallest absolute Gasteiger partial charge is 0.393 e. The molecule has 2 amide bonds. The number of aryl methyl sites for hydroxylation is 1. The summed E-state index contributed by atoms with van der Waals surface area (Å²) in [6, 6.07) is 13.4. The summed E-state index contributed by atoms with van der Waals surface area (Å²) in [6.45, 7) is 2.03. The zero-order chi connectivity index (χ0) is 20.9. The summed E-state index contributed by atoms with van der Waals surface area (Å²) < 4.78 is 43.2. The third-order valence-electron chi connectivity index (χ3n) is 4.95. The molecule has 2 aromatic carbocycles. The summed E-state index contributed by atoms with van der Waals surface area (Å²) in [5.74, 6) is 0.860. The van der Waals surface area contributed by atoms with Gasteiger partial charge in [0.25, 0.3) is 0 Å². The number of carbonyl (C=O) groups is 1. The number of amides is 2. The number of rotatable bonds is 5. The Bertz CT molecular complexity index is 796. The Kier molecular flexibility index (Phi) is 6.67. The number of halogens is 3. The molecule has 0 heterocycles. The van der Waals surface area contributed by atoms with Crippen molar-refractivity contribution in [2.24, 2.45) is 0 Å². The van der Waals surface area contributed by atoms with Gasteiger partial charge < -0.3 is 15.4 Å². The van der Waals surface area contributed by atoms with Crippen molar-refractivity contribution >= 4 is 11.7 Å². The molecule has 0 saturated heterocycles. The maximum Gasteiger partial charge on any atom is 0.393 e. The topological polar surface area (TPSA) is 50.4 Å². The van der Waals surface area contributed by atoms with Gasteiger partial charge >= 0.3 is 12.2 Å². The molecule has 7 heteroatoms. The third kappa shape index (κ3) is 7.00. The van der Waals surface area contributed by atoms with E-state index in [4.69, 9.17) is 4.74 Å². The van der Waals surface area contributed by atoms with E-state index in [1.165, 1.54) is 29.8 Å². The Labute approximate surface area is 168 Å². The van der Waals surface area contributed by atoms with Gasteiger partial charge in [-0.25, -0.2) is 4.79 Å². The second-order valence-electron chi connectivity index (χ2n) is 7.49. The summed E-state index contributed by atoms with van der Waals surface area (Å²) >= 11 is 0. The van der Waals surface area contributed by atoms with Crippen molar-refractivity contribution in [3.63, 3.8) is 0 Å². The number of anilines is 1. The number of carbonyl (C=O) groups excluding carboxylic acids is 1. The fourth-order valence-electron chi connectivity index (χ4n) is 3.42. The standard InChI is InChI=1S/C22H25F3N2O2/c1-15-2-10-19(11-3-15)29-20-12-8-18(9-13-20)27-21(28)26-17-6-4-16(5-7-17)14-22(23,24)25/h2-7,10-11,18,20H,8-9,12-14H2,1H3,(H2,26,27,28). The Hall–Kier alpha value is -2.70. The van der Waals surface area contributed by atoms with Crippen molar-refractivity contribution in [1.29, 1.82) is 0 Å². The number of urea groups is 1. The van der Waals surface area contributed by atoms with Gasteiger partial charge in [-0.05, 0) is 62.4 Å². The molecule has 156 valence electrons. The van der Waals surface area contributed by atoms with E-state index in [2.05, 4.69) is 10.6 Å². The number of benzene rings is 2. The van der Waals surface area contributed by atoms with Crippen LogP contribution < -0.4 is 15.4 Å². The van der Waals surface area contributed by atoms with Crippen LogP contribution in [0.5, 0.6) is 5.75 Å². The van der Waals surface area contributed by atoms with E-state index in [0.29, 0.717) is 5.69 Å². The summed E-state index contributed by atoms with van der Waals surface area (Å²) in [5, 5.41) is 5.60. The number of hydrogen-bond acceptors (Lipinski definition) is 2. The van der Waals surface area contributed by atoms with Crippen molar-refractivity contribution in [1.82, 2.24) is 5.32 Å². The highest BCUT2D eigenvalue weighted by atomic mass is 19.4. The van der Waals surface area contributed by atoms with Crippen LogP contribution in [0.1, 0.15) is 36.8 Å². The predicted molar refractivity (Wildman–Crippen MR) is 106 cm³/mol. The Morgan fingerprint density at radius 2 is 1.62 bits per heavy atom. The van der Waals surface area contributed by atoms with Crippen LogP contribution in [0.3, 0.4) is 0 Å². The van der Waals surface area contributed by atoms with Crippen LogP contribution in [-0.2, 0) is 6.42 Å². The monoisotopic (exact) mass is 406 g/mol. The molecule has 0 aliphatic heterocycles. The van der Waals surface area contributed by atoms with Crippen LogP contribution >= 0.6 is 0 Å². The van der Waals surface area contributed by atoms with Gasteiger partial charge in [0.15, 0.2) is 0 Å². The van der Waals surface area contributed by atoms with Gasteiger partial charge in [-0.1, -0.05) is 29.8 Å². The second kappa shape index (κ2) is 9.20. The quantitative estimate of drug-likeness (QED) is 0.678. The van der Waals surface area contributed by atoms with Crippen LogP contribution in [0.2, 0.25) is 0 Å². The van der Waals surface area contributed by atoms with E-state index < -0.39 is 12.6 Å². The first-order chi connectivity index (χ1) is 13.8. The Morgan fingerprint density at radius 3 is 2.21 bits per heavy atom. The molecule has 1 saturated carbocycles. The number of alkyl halides is 3. The van der Waals surface area contributed by atoms with Crippen LogP contribution in [0, 0.1) is 6.92 Å². The number of hydrogen-bond donors (Lipinski definition) is 2. The fourth-order valence-corrected chi connectivity index (χ4v) is 3.42. The zero-order valence-corrected chi connectivity index (χ0v) is 16.3. The number of nitrogens with one attached hydrogen (secondary N) is 2. The van der Waals surface area contributed by atoms with E-state index in [9.17, 15) is 18.0 Å². The van der Waals surface area contributed by atoms with Gasteiger partial charge in [-0.2, -0.15) is 13.2 Å². The molecule has 0 aromatic heterocycles. The molecular formula is C22H25F3N2O2. The van der Waals surface area contributed by atoms with E-state index in [-0.39, 0.29) is 23.7 Å². The molecule has 2 aromatic rings. The SMILES string of the molecule is Cc1ccc(OC2CCC(NC(=O)Nc3ccc(CC(F)(F)F)cc3)CC2)cc1. The van der Waals surface area contributed by atoms with E-state index in [1.807, 2.05) is 31.2 Å². The molecule has 0 unspecified atom stereocenters. The van der Waals surface area contributed by atoms with Crippen molar-refractivity contribution < 1.29 is 22.7 Å². The molecule has 1 aliphatic carbocycles. The lowest BCUT2D eigenvalue weighted by molar-refractivity contribution is -0.127. The van der Waals surface area contributed by atoms with E-state index in [1.54, 1.807) is 0 Å². The molecule has 0 bridgehead atoms. The highest BCUT2D eigenvalue weighted by molar-refractivity contribution is 5.89. The van der Waals surface area contributed by atoms with Crippen LogP contribution in [0.15, 0.2) is 48.5 Å². The molecule has 0 spiro atoms. The molecule has 0 atom stereocenters. The van der Waals surface area contributed by atoms with E-state index in [0.717, 1.165) is 31.4 Å². The van der Waals surface area contributed by atoms with Crippen molar-refractivity contribution in [3.8, 4) is 5.75 Å². The Morgan fingerprint density at radius 1 is 1.00 bits per heavy atom. The zero-order valence-electron chi connectivity index (χ0n) is 16.3. The highest BCUT2D eigenvalue weighted by Gasteiger charge is 2.27. The molecular weight excluding hydrogens is 381 g/mol. The third-order valence-corrected chi connectivity index (χ3v) is 4.95. The lowest BCUT2D eigenvalue weighted by atomic mass is 9.93. The first kappa shape index (κ1) is 21.0. The first-order valence-corrected chi connectivity index (χ1v) is 9.73. The average Bonchev–Trinajstić information content (AvgIpc) is 2.66. The molecule has 29 heavy (non-hydrogen) atoms. The van der Waals surface area contributed by atoms with Gasteiger partial charge in [-0.3, -0.25) is 0 Å². The average molecular weight is 406 g/mol. The highest BCUT2D eigenvalue weighted by Crippen LogP contribution is 2.25. The van der Waals surface area contributed by atoms with Crippen molar-refractivity contribution in [2.75, 3.05) is 5.32 Å². The molecule has 0 radical (unpaired) electrons. The minimum Gasteiger partial charge on any atom is -0.490 e. The van der Waals surface area contributed by atoms with Crippen molar-refractivity contribution in [2.45, 2.75) is 57.3 Å². The van der Waals surface area contributed by atoms with Crippen LogP contribution in [-0.4, -0.2) is 24.4 Å². The van der Waals surface area contributed by atoms with Crippen molar-refractivity contribution in [3.05, 3.63) is 59.7 Å². The molecule has 3 rings (SSSR count). The second-order valence-corrected chi connectivity index (χ2v) is 7.49. The molecule has 4 nitrogen and oxygen atoms in total. The van der Waals surface area contributed by atoms with Gasteiger partial charge in [-0.15, -0.1) is 0 Å². The summed E-state index contributed by atoms with van der Waals surface area (Å²) in [7, 11) is 0. The summed E-state index contributed by atoms with van der Waals surface area (Å²) in [4.78, 5) is 12.2. The minimum absolute atomic E-state index is 0.0531. The van der Waals surface area contributed by atoms with Gasteiger partial charge in [0.2, 0.25) is 0 Å². The number of ether oxygens (including phenoxy) is 1. The lowest BCUT2D eigenvalue weighted by Crippen LogP contribution is -2.41. The Balaban J connectivity index is 1.41. The summed E-state index contributed by atoms with van der Waals surface area (Å²) in [5.41, 5.74) is 1.81. The predicted octanol–water partition coefficient (Wildman–Crippen LogP) is 5.61. The maximum atomic E-state index is 12.4. The first-order valence-electron chi connectivity index (χ1n) is 9.73. The summed E-state index contributed by atoms with van der Waals surface area (Å²) in [6.07, 6.45) is -1.75. The van der Waals surface area contributed by atoms with Gasteiger partial charge in [0.05, 0.1) is 12.5 Å². The molecule has 1 aliphatic rings. The van der Waals surface area contributed by atoms with Gasteiger partial charge in [0.1, 0.15) is 5.75 Å². The van der Waals surface area contributed by atoms with Gasteiger partial charge in [0, 0.05) is 11.7 Å². The maximum absolute atomic E-state index is 12.4. The molecule has 2 N–H and O–H groups in total. The lowest BCUT2D eigenvalue weighted by Gasteiger charge is -2.29.